The molecule has 0 fully saturated rings. The van der Waals surface area contributed by atoms with Crippen LogP contribution in [-0.4, -0.2) is 4.98 Å². The van der Waals surface area contributed by atoms with Crippen molar-refractivity contribution in [2.75, 3.05) is 5.73 Å². The van der Waals surface area contributed by atoms with Gasteiger partial charge >= 0.3 is 0 Å². The Morgan fingerprint density at radius 2 is 1.79 bits per heavy atom. The van der Waals surface area contributed by atoms with Crippen LogP contribution in [0.15, 0.2) is 59.2 Å². The first-order valence-electron chi connectivity index (χ1n) is 5.80. The first-order chi connectivity index (χ1) is 9.24. The standard InChI is InChI=1S/C15H11FN2O/c16-12-7-6-11(8-13(12)17)14-9-19-15(18-14)10-4-2-1-3-5-10/h1-9H,17H2. The molecule has 0 aliphatic heterocycles. The predicted molar refractivity (Wildman–Crippen MR) is 71.7 cm³/mol. The van der Waals surface area contributed by atoms with Crippen LogP contribution in [0.2, 0.25) is 0 Å². The molecule has 0 radical (unpaired) electrons. The van der Waals surface area contributed by atoms with Crippen molar-refractivity contribution >= 4 is 5.69 Å². The second-order valence-corrected chi connectivity index (χ2v) is 4.14. The number of nitrogens with zero attached hydrogens (tertiary/aromatic N) is 1. The fraction of sp³-hybridized carbons (Fsp3) is 0. The second kappa shape index (κ2) is 4.57. The first-order valence-corrected chi connectivity index (χ1v) is 5.80. The van der Waals surface area contributed by atoms with Gasteiger partial charge in [-0.2, -0.15) is 0 Å². The molecule has 0 spiro atoms. The summed E-state index contributed by atoms with van der Waals surface area (Å²) in [5.41, 5.74) is 7.89. The number of oxazole rings is 1. The fourth-order valence-electron chi connectivity index (χ4n) is 1.82. The number of halogens is 1. The van der Waals surface area contributed by atoms with Gasteiger partial charge in [-0.1, -0.05) is 18.2 Å². The van der Waals surface area contributed by atoms with Crippen LogP contribution in [0.1, 0.15) is 0 Å². The van der Waals surface area contributed by atoms with E-state index >= 15 is 0 Å². The largest absolute Gasteiger partial charge is 0.444 e. The van der Waals surface area contributed by atoms with Crippen LogP contribution in [0.5, 0.6) is 0 Å². The number of anilines is 1. The minimum atomic E-state index is -0.435. The van der Waals surface area contributed by atoms with Crippen molar-refractivity contribution in [3.05, 3.63) is 60.6 Å². The monoisotopic (exact) mass is 254 g/mol. The van der Waals surface area contributed by atoms with Crippen molar-refractivity contribution in [2.24, 2.45) is 0 Å². The zero-order chi connectivity index (χ0) is 13.2. The summed E-state index contributed by atoms with van der Waals surface area (Å²) in [5, 5.41) is 0. The van der Waals surface area contributed by atoms with E-state index in [-0.39, 0.29) is 5.69 Å². The number of rotatable bonds is 2. The van der Waals surface area contributed by atoms with E-state index in [0.717, 1.165) is 11.1 Å². The SMILES string of the molecule is Nc1cc(-c2coc(-c3ccccc3)n2)ccc1F. The van der Waals surface area contributed by atoms with Gasteiger partial charge < -0.3 is 10.2 Å². The number of hydrogen-bond donors (Lipinski definition) is 1. The van der Waals surface area contributed by atoms with Crippen LogP contribution < -0.4 is 5.73 Å². The van der Waals surface area contributed by atoms with E-state index in [1.54, 1.807) is 12.1 Å². The molecular weight excluding hydrogens is 243 g/mol. The lowest BCUT2D eigenvalue weighted by Crippen LogP contribution is -1.90. The molecule has 0 aliphatic rings. The average molecular weight is 254 g/mol. The van der Waals surface area contributed by atoms with Gasteiger partial charge in [-0.25, -0.2) is 9.37 Å². The molecule has 19 heavy (non-hydrogen) atoms. The summed E-state index contributed by atoms with van der Waals surface area (Å²) >= 11 is 0. The Labute approximate surface area is 109 Å². The Morgan fingerprint density at radius 1 is 1.00 bits per heavy atom. The van der Waals surface area contributed by atoms with E-state index in [1.807, 2.05) is 30.3 Å². The molecule has 0 amide bonds. The lowest BCUT2D eigenvalue weighted by molar-refractivity contribution is 0.575. The molecule has 0 unspecified atom stereocenters. The predicted octanol–water partition coefficient (Wildman–Crippen LogP) is 3.73. The smallest absolute Gasteiger partial charge is 0.226 e. The number of benzene rings is 2. The zero-order valence-electron chi connectivity index (χ0n) is 10.0. The third kappa shape index (κ3) is 2.20. The van der Waals surface area contributed by atoms with Crippen LogP contribution >= 0.6 is 0 Å². The second-order valence-electron chi connectivity index (χ2n) is 4.14. The summed E-state index contributed by atoms with van der Waals surface area (Å²) in [6.45, 7) is 0. The van der Waals surface area contributed by atoms with Gasteiger partial charge in [-0.3, -0.25) is 0 Å². The van der Waals surface area contributed by atoms with E-state index in [9.17, 15) is 4.39 Å². The molecule has 0 bridgehead atoms. The third-order valence-corrected chi connectivity index (χ3v) is 2.82. The fourth-order valence-corrected chi connectivity index (χ4v) is 1.82. The lowest BCUT2D eigenvalue weighted by Gasteiger charge is -1.99. The van der Waals surface area contributed by atoms with E-state index < -0.39 is 5.82 Å². The molecule has 0 aliphatic carbocycles. The van der Waals surface area contributed by atoms with Gasteiger partial charge in [0, 0.05) is 11.1 Å². The maximum absolute atomic E-state index is 13.1. The summed E-state index contributed by atoms with van der Waals surface area (Å²) in [7, 11) is 0. The number of nitrogens with two attached hydrogens (primary N) is 1. The maximum Gasteiger partial charge on any atom is 0.226 e. The minimum absolute atomic E-state index is 0.0989. The molecule has 2 aromatic carbocycles. The van der Waals surface area contributed by atoms with E-state index in [0.29, 0.717) is 11.6 Å². The van der Waals surface area contributed by atoms with Gasteiger partial charge in [0.2, 0.25) is 5.89 Å². The Morgan fingerprint density at radius 3 is 2.53 bits per heavy atom. The molecular formula is C15H11FN2O. The Balaban J connectivity index is 1.99. The summed E-state index contributed by atoms with van der Waals surface area (Å²) < 4.78 is 18.5. The third-order valence-electron chi connectivity index (χ3n) is 2.82. The molecule has 94 valence electrons. The van der Waals surface area contributed by atoms with Crippen molar-refractivity contribution in [1.82, 2.24) is 4.98 Å². The molecule has 1 aromatic heterocycles. The van der Waals surface area contributed by atoms with E-state index in [2.05, 4.69) is 4.98 Å². The maximum atomic E-state index is 13.1. The summed E-state index contributed by atoms with van der Waals surface area (Å²) in [5.74, 6) is 0.0917. The Kier molecular flexibility index (Phi) is 2.76. The number of nitrogen functional groups attached to an aromatic ring is 1. The summed E-state index contributed by atoms with van der Waals surface area (Å²) in [6, 6.07) is 14.1. The van der Waals surface area contributed by atoms with Crippen LogP contribution in [0.4, 0.5) is 10.1 Å². The van der Waals surface area contributed by atoms with Crippen molar-refractivity contribution in [3.63, 3.8) is 0 Å². The topological polar surface area (TPSA) is 52.0 Å². The highest BCUT2D eigenvalue weighted by atomic mass is 19.1. The highest BCUT2D eigenvalue weighted by molar-refractivity contribution is 5.66. The Bertz CT molecular complexity index is 707. The molecule has 0 atom stereocenters. The molecule has 3 aromatic rings. The minimum Gasteiger partial charge on any atom is -0.444 e. The van der Waals surface area contributed by atoms with Gasteiger partial charge in [-0.15, -0.1) is 0 Å². The molecule has 4 heteroatoms. The molecule has 2 N–H and O–H groups in total. The highest BCUT2D eigenvalue weighted by Gasteiger charge is 2.09. The van der Waals surface area contributed by atoms with E-state index in [1.165, 1.54) is 12.3 Å². The molecule has 3 rings (SSSR count). The molecule has 0 saturated heterocycles. The number of aromatic nitrogens is 1. The van der Waals surface area contributed by atoms with Crippen LogP contribution in [-0.2, 0) is 0 Å². The van der Waals surface area contributed by atoms with Crippen LogP contribution in [0, 0.1) is 5.82 Å². The molecule has 3 nitrogen and oxygen atoms in total. The van der Waals surface area contributed by atoms with Gasteiger partial charge in [0.1, 0.15) is 17.8 Å². The van der Waals surface area contributed by atoms with Crippen molar-refractivity contribution < 1.29 is 8.81 Å². The van der Waals surface area contributed by atoms with Crippen LogP contribution in [0.3, 0.4) is 0 Å². The summed E-state index contributed by atoms with van der Waals surface area (Å²) in [4.78, 5) is 4.38. The highest BCUT2D eigenvalue weighted by Crippen LogP contribution is 2.26. The average Bonchev–Trinajstić information content (AvgIpc) is 2.93. The van der Waals surface area contributed by atoms with Crippen molar-refractivity contribution in [1.29, 1.82) is 0 Å². The van der Waals surface area contributed by atoms with Gasteiger partial charge in [0.15, 0.2) is 0 Å². The zero-order valence-corrected chi connectivity index (χ0v) is 10.0. The van der Waals surface area contributed by atoms with Crippen LogP contribution in [0.25, 0.3) is 22.7 Å². The van der Waals surface area contributed by atoms with Gasteiger partial charge in [0.05, 0.1) is 5.69 Å². The lowest BCUT2D eigenvalue weighted by atomic mass is 10.1. The van der Waals surface area contributed by atoms with Crippen molar-refractivity contribution in [3.8, 4) is 22.7 Å². The normalized spacial score (nSPS) is 10.6. The quantitative estimate of drug-likeness (QED) is 0.709. The first kappa shape index (κ1) is 11.5. The van der Waals surface area contributed by atoms with Crippen molar-refractivity contribution in [2.45, 2.75) is 0 Å². The summed E-state index contributed by atoms with van der Waals surface area (Å²) in [6.07, 6.45) is 1.54. The number of hydrogen-bond acceptors (Lipinski definition) is 3. The van der Waals surface area contributed by atoms with E-state index in [4.69, 9.17) is 10.2 Å². The van der Waals surface area contributed by atoms with Gasteiger partial charge in [-0.05, 0) is 30.3 Å². The molecule has 1 heterocycles. The Hall–Kier alpha value is -2.62. The molecule has 0 saturated carbocycles. The van der Waals surface area contributed by atoms with Gasteiger partial charge in [0.25, 0.3) is 0 Å².